The van der Waals surface area contributed by atoms with Gasteiger partial charge in [0.2, 0.25) is 5.91 Å². The third-order valence-electron chi connectivity index (χ3n) is 3.54. The van der Waals surface area contributed by atoms with Crippen molar-refractivity contribution in [2.45, 2.75) is 33.2 Å². The third-order valence-corrected chi connectivity index (χ3v) is 4.56. The molecule has 1 aromatic carbocycles. The molecule has 2 rings (SSSR count). The Morgan fingerprint density at radius 3 is 2.58 bits per heavy atom. The lowest BCUT2D eigenvalue weighted by molar-refractivity contribution is -0.114. The molecule has 1 amide bonds. The van der Waals surface area contributed by atoms with E-state index in [2.05, 4.69) is 46.9 Å². The second kappa shape index (κ2) is 9.91. The van der Waals surface area contributed by atoms with Gasteiger partial charge >= 0.3 is 0 Å². The third kappa shape index (κ3) is 6.84. The van der Waals surface area contributed by atoms with Crippen LogP contribution < -0.4 is 16.0 Å². The summed E-state index contributed by atoms with van der Waals surface area (Å²) in [5, 5.41) is 9.16. The maximum absolute atomic E-state index is 12.9. The molecule has 0 aliphatic rings. The second-order valence-electron chi connectivity index (χ2n) is 6.01. The first-order valence-corrected chi connectivity index (χ1v) is 9.43. The van der Waals surface area contributed by atoms with Crippen LogP contribution in [0, 0.1) is 12.7 Å². The van der Waals surface area contributed by atoms with Crippen LogP contribution in [0.15, 0.2) is 41.4 Å². The Morgan fingerprint density at radius 1 is 1.23 bits per heavy atom. The topological polar surface area (TPSA) is 65.5 Å². The fourth-order valence-corrected chi connectivity index (χ4v) is 3.40. The molecule has 0 saturated carbocycles. The minimum absolute atomic E-state index is 0.0163. The summed E-state index contributed by atoms with van der Waals surface area (Å²) < 4.78 is 12.9. The molecular weight excluding hydrogens is 351 g/mol. The predicted molar refractivity (Wildman–Crippen MR) is 106 cm³/mol. The Kier molecular flexibility index (Phi) is 7.59. The van der Waals surface area contributed by atoms with E-state index in [4.69, 9.17) is 0 Å². The summed E-state index contributed by atoms with van der Waals surface area (Å²) in [6.07, 6.45) is 0.894. The van der Waals surface area contributed by atoms with Crippen molar-refractivity contribution in [2.24, 2.45) is 4.99 Å². The summed E-state index contributed by atoms with van der Waals surface area (Å²) in [5.74, 6) is 0.00690. The number of carbonyl (C=O) groups excluding carboxylic acids is 1. The fourth-order valence-electron chi connectivity index (χ4n) is 2.39. The Balaban J connectivity index is 1.88. The van der Waals surface area contributed by atoms with Gasteiger partial charge in [0.25, 0.3) is 0 Å². The number of hydrogen-bond acceptors (Lipinski definition) is 3. The number of anilines is 1. The molecule has 140 valence electrons. The number of guanidine groups is 1. The van der Waals surface area contributed by atoms with Crippen LogP contribution in [0.3, 0.4) is 0 Å². The van der Waals surface area contributed by atoms with Gasteiger partial charge in [-0.1, -0.05) is 0 Å². The van der Waals surface area contributed by atoms with Crippen LogP contribution in [0.1, 0.15) is 23.6 Å². The zero-order valence-corrected chi connectivity index (χ0v) is 16.1. The number of halogens is 1. The molecule has 0 bridgehead atoms. The Morgan fingerprint density at radius 2 is 1.96 bits per heavy atom. The predicted octanol–water partition coefficient (Wildman–Crippen LogP) is 3.32. The van der Waals surface area contributed by atoms with Gasteiger partial charge in [-0.25, -0.2) is 9.38 Å². The standard InChI is InChI=1S/C19H25FN4OS/c1-4-21-19(23-13(2)11-17-10-5-14(3)26-17)22-12-18(25)24-16-8-6-15(20)7-9-16/h5-10,13H,4,11-12H2,1-3H3,(H,24,25)(H2,21,22,23). The highest BCUT2D eigenvalue weighted by Crippen LogP contribution is 2.16. The first kappa shape index (κ1) is 19.9. The van der Waals surface area contributed by atoms with E-state index in [-0.39, 0.29) is 24.3 Å². The zero-order chi connectivity index (χ0) is 18.9. The van der Waals surface area contributed by atoms with Crippen LogP contribution in [-0.2, 0) is 11.2 Å². The first-order valence-electron chi connectivity index (χ1n) is 8.62. The summed E-state index contributed by atoms with van der Waals surface area (Å²) in [5.41, 5.74) is 0.547. The number of hydrogen-bond donors (Lipinski definition) is 3. The lowest BCUT2D eigenvalue weighted by atomic mass is 10.2. The van der Waals surface area contributed by atoms with Crippen molar-refractivity contribution in [1.29, 1.82) is 0 Å². The van der Waals surface area contributed by atoms with Gasteiger partial charge in [-0.3, -0.25) is 4.79 Å². The van der Waals surface area contributed by atoms with Gasteiger partial charge in [0.05, 0.1) is 0 Å². The smallest absolute Gasteiger partial charge is 0.246 e. The minimum atomic E-state index is -0.338. The quantitative estimate of drug-likeness (QED) is 0.513. The first-order chi connectivity index (χ1) is 12.5. The maximum atomic E-state index is 12.9. The molecule has 2 aromatic rings. The van der Waals surface area contributed by atoms with Gasteiger partial charge in [0, 0.05) is 34.4 Å². The summed E-state index contributed by atoms with van der Waals surface area (Å²) in [6.45, 7) is 6.84. The van der Waals surface area contributed by atoms with Crippen LogP contribution in [-0.4, -0.2) is 31.0 Å². The second-order valence-corrected chi connectivity index (χ2v) is 7.38. The zero-order valence-electron chi connectivity index (χ0n) is 15.3. The molecule has 0 aliphatic heterocycles. The van der Waals surface area contributed by atoms with Gasteiger partial charge in [-0.2, -0.15) is 0 Å². The normalized spacial score (nSPS) is 12.5. The van der Waals surface area contributed by atoms with Gasteiger partial charge in [-0.15, -0.1) is 11.3 Å². The summed E-state index contributed by atoms with van der Waals surface area (Å²) in [7, 11) is 0. The maximum Gasteiger partial charge on any atom is 0.246 e. The van der Waals surface area contributed by atoms with Crippen molar-refractivity contribution in [3.63, 3.8) is 0 Å². The van der Waals surface area contributed by atoms with E-state index in [0.717, 1.165) is 6.42 Å². The van der Waals surface area contributed by atoms with E-state index in [0.29, 0.717) is 18.2 Å². The van der Waals surface area contributed by atoms with Crippen molar-refractivity contribution in [3.05, 3.63) is 52.0 Å². The van der Waals surface area contributed by atoms with E-state index in [9.17, 15) is 9.18 Å². The van der Waals surface area contributed by atoms with E-state index >= 15 is 0 Å². The highest BCUT2D eigenvalue weighted by molar-refractivity contribution is 7.11. The van der Waals surface area contributed by atoms with E-state index in [1.54, 1.807) is 11.3 Å². The van der Waals surface area contributed by atoms with Crippen LogP contribution in [0.5, 0.6) is 0 Å². The Hall–Kier alpha value is -2.41. The summed E-state index contributed by atoms with van der Waals surface area (Å²) in [6, 6.07) is 10.1. The highest BCUT2D eigenvalue weighted by Gasteiger charge is 2.09. The molecule has 3 N–H and O–H groups in total. The van der Waals surface area contributed by atoms with Crippen molar-refractivity contribution in [1.82, 2.24) is 10.6 Å². The van der Waals surface area contributed by atoms with E-state index in [1.807, 2.05) is 6.92 Å². The number of nitrogens with zero attached hydrogens (tertiary/aromatic N) is 1. The fraction of sp³-hybridized carbons (Fsp3) is 0.368. The van der Waals surface area contributed by atoms with Crippen molar-refractivity contribution < 1.29 is 9.18 Å². The number of nitrogens with one attached hydrogen (secondary N) is 3. The molecule has 1 atom stereocenters. The molecule has 7 heteroatoms. The number of amides is 1. The van der Waals surface area contributed by atoms with Crippen molar-refractivity contribution in [3.8, 4) is 0 Å². The largest absolute Gasteiger partial charge is 0.357 e. The van der Waals surface area contributed by atoms with Crippen molar-refractivity contribution >= 4 is 28.9 Å². The molecule has 0 radical (unpaired) electrons. The molecule has 1 heterocycles. The van der Waals surface area contributed by atoms with Crippen LogP contribution in [0.2, 0.25) is 0 Å². The number of carbonyl (C=O) groups is 1. The molecular formula is C19H25FN4OS. The van der Waals surface area contributed by atoms with Gasteiger partial charge in [-0.05, 0) is 57.2 Å². The number of aliphatic imine (C=N–C) groups is 1. The Bertz CT molecular complexity index is 742. The SMILES string of the molecule is CCNC(=NCC(=O)Nc1ccc(F)cc1)NC(C)Cc1ccc(C)s1. The van der Waals surface area contributed by atoms with Crippen LogP contribution >= 0.6 is 11.3 Å². The molecule has 1 aromatic heterocycles. The average Bonchev–Trinajstić information content (AvgIpc) is 2.99. The van der Waals surface area contributed by atoms with Crippen LogP contribution in [0.25, 0.3) is 0 Å². The average molecular weight is 377 g/mol. The molecule has 0 saturated heterocycles. The number of benzene rings is 1. The molecule has 0 spiro atoms. The molecule has 0 fully saturated rings. The number of aryl methyl sites for hydroxylation is 1. The van der Waals surface area contributed by atoms with Gasteiger partial charge in [0.1, 0.15) is 12.4 Å². The molecule has 5 nitrogen and oxygen atoms in total. The lowest BCUT2D eigenvalue weighted by Crippen LogP contribution is -2.43. The molecule has 0 aliphatic carbocycles. The van der Waals surface area contributed by atoms with Crippen molar-refractivity contribution in [2.75, 3.05) is 18.4 Å². The highest BCUT2D eigenvalue weighted by atomic mass is 32.1. The Labute approximate surface area is 157 Å². The summed E-state index contributed by atoms with van der Waals surface area (Å²) >= 11 is 1.79. The van der Waals surface area contributed by atoms with Gasteiger partial charge < -0.3 is 16.0 Å². The van der Waals surface area contributed by atoms with Crippen LogP contribution in [0.4, 0.5) is 10.1 Å². The lowest BCUT2D eigenvalue weighted by Gasteiger charge is -2.17. The summed E-state index contributed by atoms with van der Waals surface area (Å²) in [4.78, 5) is 19.0. The number of rotatable bonds is 7. The molecule has 26 heavy (non-hydrogen) atoms. The van der Waals surface area contributed by atoms with Gasteiger partial charge in [0.15, 0.2) is 5.96 Å². The van der Waals surface area contributed by atoms with E-state index < -0.39 is 0 Å². The van der Waals surface area contributed by atoms with E-state index in [1.165, 1.54) is 34.0 Å². The monoisotopic (exact) mass is 376 g/mol. The molecule has 1 unspecified atom stereocenters. The minimum Gasteiger partial charge on any atom is -0.357 e. The number of thiophene rings is 1.